The van der Waals surface area contributed by atoms with Crippen LogP contribution in [0.1, 0.15) is 10.4 Å². The number of nitrogens with zero attached hydrogens (tertiary/aromatic N) is 2. The number of esters is 1. The van der Waals surface area contributed by atoms with Crippen molar-refractivity contribution in [2.75, 3.05) is 50.6 Å². The van der Waals surface area contributed by atoms with Gasteiger partial charge in [0, 0.05) is 37.6 Å². The molecule has 0 aliphatic carbocycles. The second-order valence-electron chi connectivity index (χ2n) is 6.17. The standard InChI is InChI=1S/C20H23N3O4/c1-26-18-9-5-16(6-10-18)21-20(25)23-13-11-22(12-14-23)17-7-3-15(4-8-17)19(24)27-2/h3-10H,11-14H2,1-2H3,(H,21,25). The lowest BCUT2D eigenvalue weighted by Gasteiger charge is -2.36. The largest absolute Gasteiger partial charge is 0.497 e. The average Bonchev–Trinajstić information content (AvgIpc) is 2.74. The second kappa shape index (κ2) is 8.44. The first-order chi connectivity index (χ1) is 13.1. The molecule has 1 fully saturated rings. The minimum Gasteiger partial charge on any atom is -0.497 e. The Kier molecular flexibility index (Phi) is 5.80. The van der Waals surface area contributed by atoms with Crippen LogP contribution >= 0.6 is 0 Å². The van der Waals surface area contributed by atoms with Crippen molar-refractivity contribution in [3.05, 3.63) is 54.1 Å². The third kappa shape index (κ3) is 4.49. The first-order valence-corrected chi connectivity index (χ1v) is 8.74. The number of anilines is 2. The van der Waals surface area contributed by atoms with Crippen LogP contribution in [-0.2, 0) is 4.74 Å². The molecule has 1 aliphatic heterocycles. The van der Waals surface area contributed by atoms with Gasteiger partial charge in [0.25, 0.3) is 0 Å². The van der Waals surface area contributed by atoms with Crippen molar-refractivity contribution in [1.82, 2.24) is 4.90 Å². The summed E-state index contributed by atoms with van der Waals surface area (Å²) in [5.74, 6) is 0.404. The van der Waals surface area contributed by atoms with Gasteiger partial charge in [0.05, 0.1) is 19.8 Å². The highest BCUT2D eigenvalue weighted by atomic mass is 16.5. The highest BCUT2D eigenvalue weighted by Gasteiger charge is 2.21. The molecule has 1 saturated heterocycles. The van der Waals surface area contributed by atoms with E-state index in [2.05, 4.69) is 10.2 Å². The quantitative estimate of drug-likeness (QED) is 0.839. The fourth-order valence-electron chi connectivity index (χ4n) is 2.97. The summed E-state index contributed by atoms with van der Waals surface area (Å²) in [5.41, 5.74) is 2.29. The van der Waals surface area contributed by atoms with E-state index in [1.165, 1.54) is 7.11 Å². The Balaban J connectivity index is 1.53. The van der Waals surface area contributed by atoms with Gasteiger partial charge in [-0.3, -0.25) is 0 Å². The normalized spacial score (nSPS) is 13.9. The number of carbonyl (C=O) groups excluding carboxylic acids is 2. The van der Waals surface area contributed by atoms with Gasteiger partial charge in [0.15, 0.2) is 0 Å². The highest BCUT2D eigenvalue weighted by molar-refractivity contribution is 5.90. The van der Waals surface area contributed by atoms with E-state index >= 15 is 0 Å². The summed E-state index contributed by atoms with van der Waals surface area (Å²) in [5, 5.41) is 2.91. The van der Waals surface area contributed by atoms with Gasteiger partial charge in [-0.2, -0.15) is 0 Å². The van der Waals surface area contributed by atoms with Gasteiger partial charge in [0.2, 0.25) is 0 Å². The summed E-state index contributed by atoms with van der Waals surface area (Å²) in [6, 6.07) is 14.5. The van der Waals surface area contributed by atoms with Crippen molar-refractivity contribution in [1.29, 1.82) is 0 Å². The van der Waals surface area contributed by atoms with E-state index in [4.69, 9.17) is 9.47 Å². The predicted molar refractivity (Wildman–Crippen MR) is 104 cm³/mol. The zero-order chi connectivity index (χ0) is 19.2. The van der Waals surface area contributed by atoms with Gasteiger partial charge in [-0.25, -0.2) is 9.59 Å². The SMILES string of the molecule is COC(=O)c1ccc(N2CCN(C(=O)Nc3ccc(OC)cc3)CC2)cc1. The molecule has 7 heteroatoms. The van der Waals surface area contributed by atoms with E-state index < -0.39 is 0 Å². The molecule has 0 aromatic heterocycles. The number of methoxy groups -OCH3 is 2. The number of hydrogen-bond acceptors (Lipinski definition) is 5. The molecule has 3 rings (SSSR count). The van der Waals surface area contributed by atoms with Crippen molar-refractivity contribution in [2.45, 2.75) is 0 Å². The fraction of sp³-hybridized carbons (Fsp3) is 0.300. The lowest BCUT2D eigenvalue weighted by atomic mass is 10.2. The molecular weight excluding hydrogens is 346 g/mol. The molecule has 7 nitrogen and oxygen atoms in total. The van der Waals surface area contributed by atoms with Crippen LogP contribution in [0.4, 0.5) is 16.2 Å². The summed E-state index contributed by atoms with van der Waals surface area (Å²) >= 11 is 0. The molecule has 0 bridgehead atoms. The van der Waals surface area contributed by atoms with Crippen molar-refractivity contribution < 1.29 is 19.1 Å². The number of rotatable bonds is 4. The first-order valence-electron chi connectivity index (χ1n) is 8.74. The van der Waals surface area contributed by atoms with E-state index in [0.29, 0.717) is 18.7 Å². The number of piperazine rings is 1. The van der Waals surface area contributed by atoms with Gasteiger partial charge in [0.1, 0.15) is 5.75 Å². The molecule has 1 N–H and O–H groups in total. The first kappa shape index (κ1) is 18.6. The molecule has 142 valence electrons. The van der Waals surface area contributed by atoms with E-state index in [-0.39, 0.29) is 12.0 Å². The van der Waals surface area contributed by atoms with Gasteiger partial charge in [-0.05, 0) is 48.5 Å². The Morgan fingerprint density at radius 3 is 2.07 bits per heavy atom. The van der Waals surface area contributed by atoms with Crippen LogP contribution in [0.15, 0.2) is 48.5 Å². The lowest BCUT2D eigenvalue weighted by molar-refractivity contribution is 0.0600. The molecule has 1 heterocycles. The Morgan fingerprint density at radius 1 is 0.889 bits per heavy atom. The third-order valence-corrected chi connectivity index (χ3v) is 4.56. The Hall–Kier alpha value is -3.22. The fourth-order valence-corrected chi connectivity index (χ4v) is 2.97. The van der Waals surface area contributed by atoms with Crippen molar-refractivity contribution in [3.63, 3.8) is 0 Å². The highest BCUT2D eigenvalue weighted by Crippen LogP contribution is 2.19. The van der Waals surface area contributed by atoms with Gasteiger partial charge < -0.3 is 24.6 Å². The van der Waals surface area contributed by atoms with Gasteiger partial charge >= 0.3 is 12.0 Å². The zero-order valence-electron chi connectivity index (χ0n) is 15.5. The second-order valence-corrected chi connectivity index (χ2v) is 6.17. The minimum absolute atomic E-state index is 0.110. The number of benzene rings is 2. The Labute approximate surface area is 158 Å². The number of urea groups is 1. The maximum atomic E-state index is 12.4. The van der Waals surface area contributed by atoms with Crippen molar-refractivity contribution in [2.24, 2.45) is 0 Å². The number of ether oxygens (including phenoxy) is 2. The maximum absolute atomic E-state index is 12.4. The van der Waals surface area contributed by atoms with Crippen LogP contribution in [0.25, 0.3) is 0 Å². The Bertz CT molecular complexity index is 782. The topological polar surface area (TPSA) is 71.1 Å². The average molecular weight is 369 g/mol. The molecule has 2 amide bonds. The van der Waals surface area contributed by atoms with Crippen LogP contribution in [-0.4, -0.2) is 57.3 Å². The molecule has 2 aromatic rings. The molecule has 0 spiro atoms. The van der Waals surface area contributed by atoms with E-state index in [0.717, 1.165) is 30.2 Å². The van der Waals surface area contributed by atoms with Gasteiger partial charge in [-0.1, -0.05) is 0 Å². The smallest absolute Gasteiger partial charge is 0.337 e. The van der Waals surface area contributed by atoms with E-state index in [9.17, 15) is 9.59 Å². The molecule has 27 heavy (non-hydrogen) atoms. The molecule has 0 unspecified atom stereocenters. The Morgan fingerprint density at radius 2 is 1.52 bits per heavy atom. The lowest BCUT2D eigenvalue weighted by Crippen LogP contribution is -2.50. The summed E-state index contributed by atoms with van der Waals surface area (Å²) in [6.45, 7) is 2.71. The number of hydrogen-bond donors (Lipinski definition) is 1. The molecule has 0 saturated carbocycles. The number of amides is 2. The van der Waals surface area contributed by atoms with Crippen LogP contribution in [0, 0.1) is 0 Å². The van der Waals surface area contributed by atoms with Crippen molar-refractivity contribution in [3.8, 4) is 5.75 Å². The zero-order valence-corrected chi connectivity index (χ0v) is 15.5. The van der Waals surface area contributed by atoms with Crippen LogP contribution in [0.3, 0.4) is 0 Å². The van der Waals surface area contributed by atoms with Crippen LogP contribution in [0.2, 0.25) is 0 Å². The number of carbonyl (C=O) groups is 2. The van der Waals surface area contributed by atoms with Crippen LogP contribution in [0.5, 0.6) is 5.75 Å². The monoisotopic (exact) mass is 369 g/mol. The summed E-state index contributed by atoms with van der Waals surface area (Å²) in [6.07, 6.45) is 0. The molecular formula is C20H23N3O4. The third-order valence-electron chi connectivity index (χ3n) is 4.56. The van der Waals surface area contributed by atoms with Crippen molar-refractivity contribution >= 4 is 23.4 Å². The molecule has 1 aliphatic rings. The van der Waals surface area contributed by atoms with E-state index in [1.54, 1.807) is 24.1 Å². The maximum Gasteiger partial charge on any atom is 0.337 e. The molecule has 0 atom stereocenters. The summed E-state index contributed by atoms with van der Waals surface area (Å²) in [4.78, 5) is 27.9. The molecule has 0 radical (unpaired) electrons. The van der Waals surface area contributed by atoms with Crippen LogP contribution < -0.4 is 15.0 Å². The summed E-state index contributed by atoms with van der Waals surface area (Å²) < 4.78 is 9.83. The predicted octanol–water partition coefficient (Wildman–Crippen LogP) is 2.84. The molecule has 2 aromatic carbocycles. The number of nitrogens with one attached hydrogen (secondary N) is 1. The summed E-state index contributed by atoms with van der Waals surface area (Å²) in [7, 11) is 2.97. The minimum atomic E-state index is -0.346. The van der Waals surface area contributed by atoms with E-state index in [1.807, 2.05) is 36.4 Å². The van der Waals surface area contributed by atoms with Gasteiger partial charge in [-0.15, -0.1) is 0 Å².